The molecule has 0 N–H and O–H groups in total. The molecule has 1 aromatic rings. The Balaban J connectivity index is 2.29. The van der Waals surface area contributed by atoms with Crippen LogP contribution in [0.5, 0.6) is 0 Å². The first-order valence-corrected chi connectivity index (χ1v) is 4.13. The number of hydrogen-bond acceptors (Lipinski definition) is 0. The standard InChI is InChI=1S/C10H10F2/c1-6-4-8(6)7-2-3-9(11)10(12)5-7/h2-3,5-6,8H,4H2,1H3/t6-,8?/m0/s1. The summed E-state index contributed by atoms with van der Waals surface area (Å²) in [4.78, 5) is 0. The van der Waals surface area contributed by atoms with Crippen molar-refractivity contribution in [3.05, 3.63) is 35.4 Å². The van der Waals surface area contributed by atoms with Crippen LogP contribution in [0.4, 0.5) is 8.78 Å². The van der Waals surface area contributed by atoms with Crippen LogP contribution in [0.25, 0.3) is 0 Å². The Labute approximate surface area is 70.2 Å². The van der Waals surface area contributed by atoms with Gasteiger partial charge in [-0.2, -0.15) is 0 Å². The summed E-state index contributed by atoms with van der Waals surface area (Å²) in [5.41, 5.74) is 0.932. The molecular formula is C10H10F2. The molecule has 0 nitrogen and oxygen atoms in total. The highest BCUT2D eigenvalue weighted by Gasteiger charge is 2.34. The fraction of sp³-hybridized carbons (Fsp3) is 0.400. The molecule has 1 unspecified atom stereocenters. The molecule has 1 aromatic carbocycles. The van der Waals surface area contributed by atoms with Gasteiger partial charge in [0.1, 0.15) is 0 Å². The smallest absolute Gasteiger partial charge is 0.159 e. The topological polar surface area (TPSA) is 0 Å². The zero-order valence-electron chi connectivity index (χ0n) is 6.85. The summed E-state index contributed by atoms with van der Waals surface area (Å²) >= 11 is 0. The van der Waals surface area contributed by atoms with Crippen molar-refractivity contribution in [1.29, 1.82) is 0 Å². The van der Waals surface area contributed by atoms with Crippen molar-refractivity contribution >= 4 is 0 Å². The van der Waals surface area contributed by atoms with Gasteiger partial charge in [-0.3, -0.25) is 0 Å². The fourth-order valence-electron chi connectivity index (χ4n) is 1.53. The Morgan fingerprint density at radius 3 is 2.42 bits per heavy atom. The summed E-state index contributed by atoms with van der Waals surface area (Å²) in [5.74, 6) is -0.395. The minimum absolute atomic E-state index is 0.458. The van der Waals surface area contributed by atoms with Gasteiger partial charge >= 0.3 is 0 Å². The second-order valence-electron chi connectivity index (χ2n) is 3.49. The van der Waals surface area contributed by atoms with E-state index >= 15 is 0 Å². The maximum Gasteiger partial charge on any atom is 0.159 e. The predicted molar refractivity (Wildman–Crippen MR) is 42.9 cm³/mol. The van der Waals surface area contributed by atoms with Crippen LogP contribution in [0.3, 0.4) is 0 Å². The zero-order chi connectivity index (χ0) is 8.72. The average molecular weight is 168 g/mol. The van der Waals surface area contributed by atoms with Gasteiger partial charge in [-0.1, -0.05) is 13.0 Å². The largest absolute Gasteiger partial charge is 0.204 e. The van der Waals surface area contributed by atoms with Crippen LogP contribution >= 0.6 is 0 Å². The number of benzene rings is 1. The van der Waals surface area contributed by atoms with E-state index in [0.717, 1.165) is 12.0 Å². The van der Waals surface area contributed by atoms with Gasteiger partial charge in [-0.15, -0.1) is 0 Å². The monoisotopic (exact) mass is 168 g/mol. The van der Waals surface area contributed by atoms with E-state index in [1.165, 1.54) is 12.1 Å². The quantitative estimate of drug-likeness (QED) is 0.604. The van der Waals surface area contributed by atoms with E-state index in [4.69, 9.17) is 0 Å². The van der Waals surface area contributed by atoms with Gasteiger partial charge in [-0.25, -0.2) is 8.78 Å². The van der Waals surface area contributed by atoms with Crippen molar-refractivity contribution in [3.8, 4) is 0 Å². The van der Waals surface area contributed by atoms with E-state index in [-0.39, 0.29) is 0 Å². The van der Waals surface area contributed by atoms with E-state index in [9.17, 15) is 8.78 Å². The highest BCUT2D eigenvalue weighted by molar-refractivity contribution is 5.26. The van der Waals surface area contributed by atoms with E-state index in [0.29, 0.717) is 11.8 Å². The lowest BCUT2D eigenvalue weighted by molar-refractivity contribution is 0.507. The minimum atomic E-state index is -0.757. The van der Waals surface area contributed by atoms with E-state index in [1.807, 2.05) is 0 Å². The minimum Gasteiger partial charge on any atom is -0.204 e. The van der Waals surface area contributed by atoms with E-state index < -0.39 is 11.6 Å². The van der Waals surface area contributed by atoms with E-state index in [1.54, 1.807) is 6.07 Å². The number of halogens is 2. The summed E-state index contributed by atoms with van der Waals surface area (Å²) in [6, 6.07) is 4.19. The molecule has 0 bridgehead atoms. The first-order valence-electron chi connectivity index (χ1n) is 4.13. The third-order valence-corrected chi connectivity index (χ3v) is 2.48. The molecular weight excluding hydrogens is 158 g/mol. The maximum absolute atomic E-state index is 12.7. The van der Waals surface area contributed by atoms with Crippen LogP contribution in [-0.4, -0.2) is 0 Å². The van der Waals surface area contributed by atoms with Gasteiger partial charge in [0.05, 0.1) is 0 Å². The highest BCUT2D eigenvalue weighted by Crippen LogP contribution is 2.46. The summed E-state index contributed by atoms with van der Waals surface area (Å²) in [7, 11) is 0. The molecule has 1 saturated carbocycles. The van der Waals surface area contributed by atoms with Crippen molar-refractivity contribution in [2.24, 2.45) is 5.92 Å². The second-order valence-corrected chi connectivity index (χ2v) is 3.49. The van der Waals surface area contributed by atoms with Crippen LogP contribution in [0.1, 0.15) is 24.8 Å². The van der Waals surface area contributed by atoms with Crippen LogP contribution in [0, 0.1) is 17.6 Å². The van der Waals surface area contributed by atoms with Crippen LogP contribution in [0.2, 0.25) is 0 Å². The van der Waals surface area contributed by atoms with Crippen molar-refractivity contribution in [3.63, 3.8) is 0 Å². The Hall–Kier alpha value is -0.920. The van der Waals surface area contributed by atoms with Crippen LogP contribution in [0.15, 0.2) is 18.2 Å². The predicted octanol–water partition coefficient (Wildman–Crippen LogP) is 3.09. The Bertz CT molecular complexity index is 307. The first kappa shape index (κ1) is 7.71. The van der Waals surface area contributed by atoms with Gasteiger partial charge in [0.15, 0.2) is 11.6 Å². The third-order valence-electron chi connectivity index (χ3n) is 2.48. The molecule has 0 radical (unpaired) electrons. The lowest BCUT2D eigenvalue weighted by Gasteiger charge is -1.98. The molecule has 2 rings (SSSR count). The number of rotatable bonds is 1. The lowest BCUT2D eigenvalue weighted by Crippen LogP contribution is -1.87. The summed E-state index contributed by atoms with van der Waals surface area (Å²) in [6.07, 6.45) is 1.10. The molecule has 64 valence electrons. The molecule has 12 heavy (non-hydrogen) atoms. The van der Waals surface area contributed by atoms with Gasteiger partial charge in [-0.05, 0) is 36.0 Å². The van der Waals surface area contributed by atoms with E-state index in [2.05, 4.69) is 6.92 Å². The third kappa shape index (κ3) is 1.22. The molecule has 0 amide bonds. The molecule has 1 fully saturated rings. The molecule has 0 heterocycles. The van der Waals surface area contributed by atoms with Crippen LogP contribution in [-0.2, 0) is 0 Å². The summed E-state index contributed by atoms with van der Waals surface area (Å²) in [6.45, 7) is 2.12. The molecule has 1 aliphatic rings. The molecule has 0 spiro atoms. The maximum atomic E-state index is 12.7. The molecule has 0 saturated heterocycles. The number of hydrogen-bond donors (Lipinski definition) is 0. The molecule has 1 aliphatic carbocycles. The highest BCUT2D eigenvalue weighted by atomic mass is 19.2. The van der Waals surface area contributed by atoms with Crippen molar-refractivity contribution < 1.29 is 8.78 Å². The normalized spacial score (nSPS) is 27.2. The SMILES string of the molecule is C[C@H]1CC1c1ccc(F)c(F)c1. The van der Waals surface area contributed by atoms with Gasteiger partial charge in [0.2, 0.25) is 0 Å². The molecule has 2 heteroatoms. The zero-order valence-corrected chi connectivity index (χ0v) is 6.85. The van der Waals surface area contributed by atoms with Gasteiger partial charge in [0.25, 0.3) is 0 Å². The van der Waals surface area contributed by atoms with Crippen LogP contribution < -0.4 is 0 Å². The van der Waals surface area contributed by atoms with Gasteiger partial charge < -0.3 is 0 Å². The Morgan fingerprint density at radius 2 is 1.92 bits per heavy atom. The lowest BCUT2D eigenvalue weighted by atomic mass is 10.1. The van der Waals surface area contributed by atoms with Crippen molar-refractivity contribution in [1.82, 2.24) is 0 Å². The van der Waals surface area contributed by atoms with Crippen molar-refractivity contribution in [2.45, 2.75) is 19.3 Å². The fourth-order valence-corrected chi connectivity index (χ4v) is 1.53. The summed E-state index contributed by atoms with van der Waals surface area (Å²) in [5, 5.41) is 0. The first-order chi connectivity index (χ1) is 5.68. The van der Waals surface area contributed by atoms with Crippen molar-refractivity contribution in [2.75, 3.05) is 0 Å². The Kier molecular flexibility index (Phi) is 1.63. The second kappa shape index (κ2) is 2.54. The Morgan fingerprint density at radius 1 is 1.25 bits per heavy atom. The molecule has 2 atom stereocenters. The average Bonchev–Trinajstić information content (AvgIpc) is 2.73. The molecule has 0 aromatic heterocycles. The summed E-state index contributed by atoms with van der Waals surface area (Å²) < 4.78 is 25.2. The molecule has 0 aliphatic heterocycles. The van der Waals surface area contributed by atoms with Gasteiger partial charge in [0, 0.05) is 0 Å².